The van der Waals surface area contributed by atoms with Crippen molar-refractivity contribution in [2.45, 2.75) is 70.5 Å². The number of benzene rings is 2. The predicted octanol–water partition coefficient (Wildman–Crippen LogP) is 6.05. The largest absolute Gasteiger partial charge is 0.413 e. The summed E-state index contributed by atoms with van der Waals surface area (Å²) in [5.74, 6) is 0. The Hall–Kier alpha value is -1.21. The first kappa shape index (κ1) is 20.5. The van der Waals surface area contributed by atoms with Gasteiger partial charge in [-0.2, -0.15) is 0 Å². The maximum Gasteiger partial charge on any atom is 0.205 e. The van der Waals surface area contributed by atoms with Gasteiger partial charge in [0, 0.05) is 0 Å². The molecular formula is C23H32O2Si2. The Morgan fingerprint density at radius 1 is 0.704 bits per heavy atom. The van der Waals surface area contributed by atoms with E-state index in [2.05, 4.69) is 88.6 Å². The molecule has 2 aromatic carbocycles. The zero-order valence-electron chi connectivity index (χ0n) is 17.5. The molecule has 0 amide bonds. The van der Waals surface area contributed by atoms with E-state index in [1.54, 1.807) is 0 Å². The quantitative estimate of drug-likeness (QED) is 0.506. The topological polar surface area (TPSA) is 18.5 Å². The van der Waals surface area contributed by atoms with Crippen molar-refractivity contribution in [3.05, 3.63) is 59.7 Å². The lowest BCUT2D eigenvalue weighted by molar-refractivity contribution is 0.0304. The number of fused-ring (bicyclic) bond motifs is 3. The summed E-state index contributed by atoms with van der Waals surface area (Å²) < 4.78 is 13.4. The molecule has 144 valence electrons. The molecule has 1 aliphatic rings. The van der Waals surface area contributed by atoms with Crippen LogP contribution >= 0.6 is 0 Å². The Balaban J connectivity index is 2.32. The molecule has 27 heavy (non-hydrogen) atoms. The third-order valence-corrected chi connectivity index (χ3v) is 7.06. The van der Waals surface area contributed by atoms with E-state index >= 15 is 0 Å². The van der Waals surface area contributed by atoms with E-state index in [1.807, 2.05) is 0 Å². The van der Waals surface area contributed by atoms with Gasteiger partial charge in [-0.15, -0.1) is 0 Å². The van der Waals surface area contributed by atoms with Crippen molar-refractivity contribution in [1.29, 1.82) is 0 Å². The molecule has 1 aliphatic carbocycles. The monoisotopic (exact) mass is 396 g/mol. The first-order chi connectivity index (χ1) is 13.0. The van der Waals surface area contributed by atoms with Crippen LogP contribution in [0, 0.1) is 0 Å². The van der Waals surface area contributed by atoms with Gasteiger partial charge in [-0.05, 0) is 61.3 Å². The highest BCUT2D eigenvalue weighted by Crippen LogP contribution is 2.55. The Labute approximate surface area is 168 Å². The van der Waals surface area contributed by atoms with E-state index in [9.17, 15) is 0 Å². The van der Waals surface area contributed by atoms with E-state index < -0.39 is 18.1 Å². The second-order valence-corrected chi connectivity index (χ2v) is 11.9. The molecule has 0 aromatic heterocycles. The van der Waals surface area contributed by atoms with E-state index in [1.165, 1.54) is 22.3 Å². The maximum absolute atomic E-state index is 6.70. The molecule has 0 spiro atoms. The van der Waals surface area contributed by atoms with Crippen molar-refractivity contribution < 1.29 is 8.85 Å². The van der Waals surface area contributed by atoms with E-state index in [-0.39, 0.29) is 17.6 Å². The molecule has 3 rings (SSSR count). The zero-order chi connectivity index (χ0) is 19.6. The molecule has 0 N–H and O–H groups in total. The maximum atomic E-state index is 6.70. The van der Waals surface area contributed by atoms with Crippen LogP contribution in [-0.4, -0.2) is 30.3 Å². The third kappa shape index (κ3) is 3.49. The molecule has 0 bridgehead atoms. The SMILES string of the molecule is CCC(O[Si](C)C)C1(C(CC)O[Si](C)C)c2ccccc2-c2ccccc21. The highest BCUT2D eigenvalue weighted by Gasteiger charge is 2.54. The molecule has 0 aliphatic heterocycles. The Morgan fingerprint density at radius 2 is 1.07 bits per heavy atom. The van der Waals surface area contributed by atoms with Gasteiger partial charge < -0.3 is 8.85 Å². The lowest BCUT2D eigenvalue weighted by atomic mass is 9.68. The van der Waals surface area contributed by atoms with Crippen LogP contribution in [-0.2, 0) is 14.3 Å². The zero-order valence-corrected chi connectivity index (χ0v) is 19.5. The summed E-state index contributed by atoms with van der Waals surface area (Å²) in [4.78, 5) is 0. The molecule has 2 radical (unpaired) electrons. The average Bonchev–Trinajstić information content (AvgIpc) is 2.95. The Morgan fingerprint density at radius 3 is 1.41 bits per heavy atom. The van der Waals surface area contributed by atoms with Gasteiger partial charge >= 0.3 is 0 Å². The van der Waals surface area contributed by atoms with E-state index in [4.69, 9.17) is 8.85 Å². The van der Waals surface area contributed by atoms with Crippen molar-refractivity contribution in [1.82, 2.24) is 0 Å². The minimum absolute atomic E-state index is 0.123. The van der Waals surface area contributed by atoms with E-state index in [0.29, 0.717) is 0 Å². The van der Waals surface area contributed by atoms with Crippen LogP contribution in [0.15, 0.2) is 48.5 Å². The summed E-state index contributed by atoms with van der Waals surface area (Å²) in [6.07, 6.45) is 2.21. The fourth-order valence-electron chi connectivity index (χ4n) is 4.77. The van der Waals surface area contributed by atoms with Crippen LogP contribution < -0.4 is 0 Å². The first-order valence-corrected chi connectivity index (χ1v) is 14.9. The average molecular weight is 397 g/mol. The molecule has 2 atom stereocenters. The third-order valence-electron chi connectivity index (χ3n) is 5.55. The Bertz CT molecular complexity index is 707. The summed E-state index contributed by atoms with van der Waals surface area (Å²) >= 11 is 0. The van der Waals surface area contributed by atoms with Crippen LogP contribution in [0.2, 0.25) is 26.2 Å². The molecule has 0 heterocycles. The van der Waals surface area contributed by atoms with Gasteiger partial charge in [0.25, 0.3) is 0 Å². The fraction of sp³-hybridized carbons (Fsp3) is 0.478. The molecule has 2 unspecified atom stereocenters. The highest BCUT2D eigenvalue weighted by atomic mass is 28.3. The van der Waals surface area contributed by atoms with Gasteiger partial charge in [0.2, 0.25) is 18.1 Å². The lowest BCUT2D eigenvalue weighted by Crippen LogP contribution is -2.53. The number of hydrogen-bond donors (Lipinski definition) is 0. The highest BCUT2D eigenvalue weighted by molar-refractivity contribution is 6.48. The molecule has 0 saturated carbocycles. The van der Waals surface area contributed by atoms with Gasteiger partial charge in [0.1, 0.15) is 0 Å². The smallest absolute Gasteiger partial charge is 0.205 e. The van der Waals surface area contributed by atoms with Crippen LogP contribution in [0.1, 0.15) is 37.8 Å². The molecule has 0 saturated heterocycles. The summed E-state index contributed by atoms with van der Waals surface area (Å²) in [6.45, 7) is 13.5. The van der Waals surface area contributed by atoms with Crippen LogP contribution in [0.4, 0.5) is 0 Å². The van der Waals surface area contributed by atoms with Gasteiger partial charge in [-0.25, -0.2) is 0 Å². The van der Waals surface area contributed by atoms with E-state index in [0.717, 1.165) is 12.8 Å². The van der Waals surface area contributed by atoms with Crippen molar-refractivity contribution >= 4 is 18.1 Å². The van der Waals surface area contributed by atoms with Crippen LogP contribution in [0.25, 0.3) is 11.1 Å². The van der Waals surface area contributed by atoms with Gasteiger partial charge in [-0.1, -0.05) is 62.4 Å². The number of rotatable bonds is 8. The minimum Gasteiger partial charge on any atom is -0.413 e. The fourth-order valence-corrected chi connectivity index (χ4v) is 6.61. The van der Waals surface area contributed by atoms with Gasteiger partial charge in [0.05, 0.1) is 17.6 Å². The van der Waals surface area contributed by atoms with Gasteiger partial charge in [0.15, 0.2) is 0 Å². The molecule has 2 aromatic rings. The summed E-state index contributed by atoms with van der Waals surface area (Å²) in [6, 6.07) is 17.8. The van der Waals surface area contributed by atoms with Crippen molar-refractivity contribution in [3.63, 3.8) is 0 Å². The second kappa shape index (κ2) is 8.43. The summed E-state index contributed by atoms with van der Waals surface area (Å²) in [7, 11) is -1.68. The molecule has 2 nitrogen and oxygen atoms in total. The van der Waals surface area contributed by atoms with Crippen molar-refractivity contribution in [3.8, 4) is 11.1 Å². The summed E-state index contributed by atoms with van der Waals surface area (Å²) in [5, 5.41) is 0. The molecule has 4 heteroatoms. The molecule has 0 fully saturated rings. The predicted molar refractivity (Wildman–Crippen MR) is 118 cm³/mol. The Kier molecular flexibility index (Phi) is 6.41. The lowest BCUT2D eigenvalue weighted by Gasteiger charge is -2.46. The van der Waals surface area contributed by atoms with Crippen LogP contribution in [0.3, 0.4) is 0 Å². The van der Waals surface area contributed by atoms with Crippen molar-refractivity contribution in [2.75, 3.05) is 0 Å². The summed E-state index contributed by atoms with van der Waals surface area (Å²) in [5.41, 5.74) is 5.23. The number of hydrogen-bond acceptors (Lipinski definition) is 2. The normalized spacial score (nSPS) is 17.0. The van der Waals surface area contributed by atoms with Crippen molar-refractivity contribution in [2.24, 2.45) is 0 Å². The second-order valence-electron chi connectivity index (χ2n) is 7.81. The minimum atomic E-state index is -0.840. The van der Waals surface area contributed by atoms with Gasteiger partial charge in [-0.3, -0.25) is 0 Å². The first-order valence-electron chi connectivity index (χ1n) is 10.1. The molecular weight excluding hydrogens is 364 g/mol. The van der Waals surface area contributed by atoms with Crippen LogP contribution in [0.5, 0.6) is 0 Å². The standard InChI is InChI=1S/C23H32O2Si2/c1-7-21(24-26(3)4)23(22(8-2)25-27(5)6)19-15-11-9-13-17(19)18-14-10-12-16-20(18)23/h9-16,21-22H,7-8H2,1-6H3.